The second-order valence-electron chi connectivity index (χ2n) is 8.08. The van der Waals surface area contributed by atoms with Crippen molar-refractivity contribution in [3.8, 4) is 5.75 Å². The van der Waals surface area contributed by atoms with Crippen molar-refractivity contribution in [2.75, 3.05) is 5.32 Å². The number of carboxylic acids is 1. The largest absolute Gasteiger partial charge is 0.490 e. The molecule has 1 saturated carbocycles. The average Bonchev–Trinajstić information content (AvgIpc) is 3.28. The summed E-state index contributed by atoms with van der Waals surface area (Å²) in [4.78, 5) is 20.9. The zero-order chi connectivity index (χ0) is 23.5. The van der Waals surface area contributed by atoms with Gasteiger partial charge < -0.3 is 15.2 Å². The molecule has 2 aromatic heterocycles. The summed E-state index contributed by atoms with van der Waals surface area (Å²) in [5.74, 6) is -0.176. The molecule has 174 valence electrons. The Morgan fingerprint density at radius 1 is 1.21 bits per heavy atom. The SMILES string of the molecule is O=C(O)C1(Cc2cccc(Nc3nccs3)n2)CCC(Oc2cccc(C(F)(F)F)c2)CC1. The summed E-state index contributed by atoms with van der Waals surface area (Å²) in [7, 11) is 0. The van der Waals surface area contributed by atoms with Gasteiger partial charge in [-0.2, -0.15) is 13.2 Å². The number of aromatic nitrogens is 2. The van der Waals surface area contributed by atoms with E-state index in [1.165, 1.54) is 23.5 Å². The second-order valence-corrected chi connectivity index (χ2v) is 8.98. The smallest absolute Gasteiger partial charge is 0.416 e. The lowest BCUT2D eigenvalue weighted by atomic mass is 9.70. The maximum Gasteiger partial charge on any atom is 0.416 e. The summed E-state index contributed by atoms with van der Waals surface area (Å²) < 4.78 is 44.6. The van der Waals surface area contributed by atoms with Crippen LogP contribution in [0.4, 0.5) is 24.1 Å². The lowest BCUT2D eigenvalue weighted by molar-refractivity contribution is -0.152. The topological polar surface area (TPSA) is 84.3 Å². The molecule has 0 aliphatic heterocycles. The molecule has 33 heavy (non-hydrogen) atoms. The number of ether oxygens (including phenoxy) is 1. The molecule has 0 unspecified atom stereocenters. The van der Waals surface area contributed by atoms with Crippen LogP contribution in [0.15, 0.2) is 54.0 Å². The van der Waals surface area contributed by atoms with Crippen LogP contribution in [0.5, 0.6) is 5.75 Å². The Hall–Kier alpha value is -3.14. The highest BCUT2D eigenvalue weighted by molar-refractivity contribution is 7.13. The van der Waals surface area contributed by atoms with Gasteiger partial charge in [-0.3, -0.25) is 4.79 Å². The number of hydrogen-bond acceptors (Lipinski definition) is 6. The fraction of sp³-hybridized carbons (Fsp3) is 0.348. The molecule has 6 nitrogen and oxygen atoms in total. The lowest BCUT2D eigenvalue weighted by Gasteiger charge is -2.36. The van der Waals surface area contributed by atoms with Crippen molar-refractivity contribution >= 4 is 28.3 Å². The van der Waals surface area contributed by atoms with E-state index in [9.17, 15) is 23.1 Å². The van der Waals surface area contributed by atoms with E-state index in [1.807, 2.05) is 11.4 Å². The molecule has 0 saturated heterocycles. The van der Waals surface area contributed by atoms with Crippen molar-refractivity contribution in [1.82, 2.24) is 9.97 Å². The summed E-state index contributed by atoms with van der Waals surface area (Å²) >= 11 is 1.43. The van der Waals surface area contributed by atoms with Crippen LogP contribution in [0, 0.1) is 5.41 Å². The van der Waals surface area contributed by atoms with E-state index < -0.39 is 23.1 Å². The lowest BCUT2D eigenvalue weighted by Crippen LogP contribution is -2.40. The zero-order valence-corrected chi connectivity index (χ0v) is 18.3. The number of thiazole rings is 1. The minimum absolute atomic E-state index is 0.139. The number of benzene rings is 1. The second kappa shape index (κ2) is 9.38. The molecule has 1 aliphatic carbocycles. The van der Waals surface area contributed by atoms with Crippen LogP contribution in [0.2, 0.25) is 0 Å². The summed E-state index contributed by atoms with van der Waals surface area (Å²) in [6.07, 6.45) is -1.30. The summed E-state index contributed by atoms with van der Waals surface area (Å²) in [6.45, 7) is 0. The molecule has 10 heteroatoms. The summed E-state index contributed by atoms with van der Waals surface area (Å²) in [5.41, 5.74) is -1.12. The Morgan fingerprint density at radius 2 is 1.97 bits per heavy atom. The van der Waals surface area contributed by atoms with Crippen LogP contribution < -0.4 is 10.1 Å². The number of alkyl halides is 3. The van der Waals surface area contributed by atoms with E-state index in [0.717, 1.165) is 12.1 Å². The van der Waals surface area contributed by atoms with Crippen molar-refractivity contribution in [2.24, 2.45) is 5.41 Å². The quantitative estimate of drug-likeness (QED) is 0.438. The van der Waals surface area contributed by atoms with Crippen molar-refractivity contribution in [3.63, 3.8) is 0 Å². The van der Waals surface area contributed by atoms with Crippen LogP contribution >= 0.6 is 11.3 Å². The molecule has 2 heterocycles. The first-order chi connectivity index (χ1) is 15.7. The normalized spacial score (nSPS) is 20.9. The monoisotopic (exact) mass is 477 g/mol. The van der Waals surface area contributed by atoms with Crippen LogP contribution in [0.3, 0.4) is 0 Å². The fourth-order valence-electron chi connectivity index (χ4n) is 4.06. The predicted molar refractivity (Wildman–Crippen MR) is 118 cm³/mol. The van der Waals surface area contributed by atoms with Crippen molar-refractivity contribution in [3.05, 3.63) is 65.3 Å². The Morgan fingerprint density at radius 3 is 2.64 bits per heavy atom. The molecule has 1 aliphatic rings. The fourth-order valence-corrected chi connectivity index (χ4v) is 4.59. The summed E-state index contributed by atoms with van der Waals surface area (Å²) in [5, 5.41) is 15.6. The van der Waals surface area contributed by atoms with Gasteiger partial charge in [0.05, 0.1) is 17.1 Å². The van der Waals surface area contributed by atoms with Gasteiger partial charge in [0.2, 0.25) is 0 Å². The van der Waals surface area contributed by atoms with Gasteiger partial charge in [0.25, 0.3) is 0 Å². The van der Waals surface area contributed by atoms with Crippen LogP contribution in [0.25, 0.3) is 0 Å². The molecule has 0 spiro atoms. The van der Waals surface area contributed by atoms with Gasteiger partial charge in [0.1, 0.15) is 11.6 Å². The highest BCUT2D eigenvalue weighted by Gasteiger charge is 2.43. The first-order valence-corrected chi connectivity index (χ1v) is 11.3. The first-order valence-electron chi connectivity index (χ1n) is 10.4. The summed E-state index contributed by atoms with van der Waals surface area (Å²) in [6, 6.07) is 10.2. The number of nitrogens with zero attached hydrogens (tertiary/aromatic N) is 2. The molecule has 1 fully saturated rings. The molecule has 4 rings (SSSR count). The van der Waals surface area contributed by atoms with Gasteiger partial charge >= 0.3 is 12.1 Å². The molecule has 0 atom stereocenters. The molecule has 0 radical (unpaired) electrons. The van der Waals surface area contributed by atoms with E-state index >= 15 is 0 Å². The number of carboxylic acid groups (broad SMARTS) is 1. The van der Waals surface area contributed by atoms with Gasteiger partial charge in [-0.25, -0.2) is 9.97 Å². The Bertz CT molecular complexity index is 1100. The molecule has 0 amide bonds. The van der Waals surface area contributed by atoms with Crippen molar-refractivity contribution in [2.45, 2.75) is 44.4 Å². The van der Waals surface area contributed by atoms with E-state index in [2.05, 4.69) is 15.3 Å². The Labute approximate surface area is 192 Å². The number of hydrogen-bond donors (Lipinski definition) is 2. The number of anilines is 2. The van der Waals surface area contributed by atoms with Crippen molar-refractivity contribution in [1.29, 1.82) is 0 Å². The van der Waals surface area contributed by atoms with E-state index in [1.54, 1.807) is 18.3 Å². The number of rotatable bonds is 7. The molecule has 0 bridgehead atoms. The third-order valence-electron chi connectivity index (χ3n) is 5.80. The van der Waals surface area contributed by atoms with E-state index in [4.69, 9.17) is 4.74 Å². The number of aliphatic carboxylic acids is 1. The minimum Gasteiger partial charge on any atom is -0.490 e. The van der Waals surface area contributed by atoms with Gasteiger partial charge in [-0.15, -0.1) is 11.3 Å². The maximum absolute atomic E-state index is 12.9. The van der Waals surface area contributed by atoms with E-state index in [0.29, 0.717) is 42.3 Å². The zero-order valence-electron chi connectivity index (χ0n) is 17.5. The van der Waals surface area contributed by atoms with Gasteiger partial charge in [0, 0.05) is 23.7 Å². The van der Waals surface area contributed by atoms with Crippen LogP contribution in [-0.2, 0) is 17.4 Å². The minimum atomic E-state index is -4.44. The molecule has 3 aromatic rings. The first kappa shape index (κ1) is 23.0. The van der Waals surface area contributed by atoms with Crippen LogP contribution in [0.1, 0.15) is 36.9 Å². The molecule has 2 N–H and O–H groups in total. The molecule has 1 aromatic carbocycles. The van der Waals surface area contributed by atoms with Crippen LogP contribution in [-0.4, -0.2) is 27.1 Å². The third kappa shape index (κ3) is 5.62. The number of carbonyl (C=O) groups is 1. The maximum atomic E-state index is 12.9. The Balaban J connectivity index is 1.41. The molecular formula is C23H22F3N3O3S. The molecular weight excluding hydrogens is 455 g/mol. The van der Waals surface area contributed by atoms with Gasteiger partial charge in [0.15, 0.2) is 5.13 Å². The highest BCUT2D eigenvalue weighted by atomic mass is 32.1. The predicted octanol–water partition coefficient (Wildman–Crippen LogP) is 5.94. The number of halogens is 3. The number of nitrogens with one attached hydrogen (secondary N) is 1. The van der Waals surface area contributed by atoms with Gasteiger partial charge in [-0.1, -0.05) is 12.1 Å². The van der Waals surface area contributed by atoms with Crippen molar-refractivity contribution < 1.29 is 27.8 Å². The standard InChI is InChI=1S/C23H22F3N3O3S/c24-23(25,26)15-3-1-5-18(13-15)32-17-7-9-22(10-8-17,20(30)31)14-16-4-2-6-19(28-16)29-21-27-11-12-33-21/h1-6,11-13,17H,7-10,14H2,(H,30,31)(H,27,28,29). The average molecular weight is 478 g/mol. The highest BCUT2D eigenvalue weighted by Crippen LogP contribution is 2.41. The van der Waals surface area contributed by atoms with Gasteiger partial charge in [-0.05, 0) is 56.0 Å². The Kier molecular flexibility index (Phi) is 6.55. The third-order valence-corrected chi connectivity index (χ3v) is 6.49. The number of pyridine rings is 1. The van der Waals surface area contributed by atoms with E-state index in [-0.39, 0.29) is 18.3 Å².